The minimum absolute atomic E-state index is 0.0298. The molecule has 3 rings (SSSR count). The van der Waals surface area contributed by atoms with Crippen LogP contribution in [-0.4, -0.2) is 54.0 Å². The van der Waals surface area contributed by atoms with Gasteiger partial charge in [-0.05, 0) is 19.8 Å². The lowest BCUT2D eigenvalue weighted by Crippen LogP contribution is -2.55. The molecular formula is C24H33N3O3. The molecule has 6 nitrogen and oxygen atoms in total. The molecule has 0 saturated carbocycles. The van der Waals surface area contributed by atoms with Crippen molar-refractivity contribution in [2.24, 2.45) is 10.8 Å². The Morgan fingerprint density at radius 3 is 2.47 bits per heavy atom. The van der Waals surface area contributed by atoms with Gasteiger partial charge in [-0.25, -0.2) is 0 Å². The summed E-state index contributed by atoms with van der Waals surface area (Å²) in [5, 5.41) is 4.23. The molecule has 2 aromatic rings. The van der Waals surface area contributed by atoms with E-state index in [1.807, 2.05) is 62.9 Å². The van der Waals surface area contributed by atoms with Gasteiger partial charge >= 0.3 is 0 Å². The van der Waals surface area contributed by atoms with E-state index < -0.39 is 10.8 Å². The van der Waals surface area contributed by atoms with Crippen LogP contribution in [0.3, 0.4) is 0 Å². The van der Waals surface area contributed by atoms with Crippen LogP contribution in [-0.2, 0) is 16.0 Å². The Morgan fingerprint density at radius 2 is 1.87 bits per heavy atom. The van der Waals surface area contributed by atoms with E-state index in [9.17, 15) is 9.59 Å². The van der Waals surface area contributed by atoms with Crippen molar-refractivity contribution in [3.63, 3.8) is 0 Å². The largest absolute Gasteiger partial charge is 0.361 e. The molecule has 6 heteroatoms. The monoisotopic (exact) mass is 411 g/mol. The Labute approximate surface area is 179 Å². The maximum Gasteiger partial charge on any atom is 0.230 e. The van der Waals surface area contributed by atoms with E-state index in [1.165, 1.54) is 5.56 Å². The van der Waals surface area contributed by atoms with Crippen LogP contribution in [0.2, 0.25) is 0 Å². The van der Waals surface area contributed by atoms with Crippen LogP contribution in [0.1, 0.15) is 44.9 Å². The van der Waals surface area contributed by atoms with Crippen LogP contribution < -0.4 is 0 Å². The van der Waals surface area contributed by atoms with Crippen molar-refractivity contribution in [2.45, 2.75) is 47.0 Å². The van der Waals surface area contributed by atoms with Crippen molar-refractivity contribution in [2.75, 3.05) is 27.2 Å². The number of amides is 2. The highest BCUT2D eigenvalue weighted by Crippen LogP contribution is 2.37. The van der Waals surface area contributed by atoms with Crippen LogP contribution in [0, 0.1) is 17.8 Å². The third-order valence-corrected chi connectivity index (χ3v) is 5.78. The number of rotatable bonds is 4. The number of aryl methyl sites for hydroxylation is 1. The summed E-state index contributed by atoms with van der Waals surface area (Å²) in [6, 6.07) is 10.0. The number of aromatic nitrogens is 1. The minimum Gasteiger partial charge on any atom is -0.361 e. The Kier molecular flexibility index (Phi) is 6.06. The molecule has 0 aliphatic carbocycles. The van der Waals surface area contributed by atoms with Crippen molar-refractivity contribution in [3.05, 3.63) is 41.7 Å². The molecule has 0 N–H and O–H groups in total. The van der Waals surface area contributed by atoms with Crippen molar-refractivity contribution in [1.82, 2.24) is 15.0 Å². The second-order valence-corrected chi connectivity index (χ2v) is 9.78. The molecule has 1 aliphatic heterocycles. The molecule has 1 fully saturated rings. The molecule has 1 aromatic carbocycles. The number of carbonyl (C=O) groups excluding carboxylic acids is 2. The fraction of sp³-hybridized carbons (Fsp3) is 0.542. The standard InChI is InChI=1S/C24H33N3O3/c1-17-8-10-18(11-9-17)20-14-19(30-25-20)15-24(22(29)26(5)6)12-7-13-27(16-24)21(28)23(2,3)4/h8-11,14H,7,12-13,15-16H2,1-6H3. The summed E-state index contributed by atoms with van der Waals surface area (Å²) in [4.78, 5) is 29.7. The number of likely N-dealkylation sites (tertiary alicyclic amines) is 1. The van der Waals surface area contributed by atoms with Gasteiger partial charge in [-0.1, -0.05) is 55.8 Å². The predicted molar refractivity (Wildman–Crippen MR) is 117 cm³/mol. The van der Waals surface area contributed by atoms with E-state index in [2.05, 4.69) is 5.16 Å². The maximum atomic E-state index is 13.3. The van der Waals surface area contributed by atoms with Gasteiger partial charge in [0.15, 0.2) is 0 Å². The van der Waals surface area contributed by atoms with Crippen molar-refractivity contribution in [3.8, 4) is 11.3 Å². The molecular weight excluding hydrogens is 378 g/mol. The zero-order valence-corrected chi connectivity index (χ0v) is 19.0. The lowest BCUT2D eigenvalue weighted by atomic mass is 9.74. The summed E-state index contributed by atoms with van der Waals surface area (Å²) < 4.78 is 5.65. The Hall–Kier alpha value is -2.63. The lowest BCUT2D eigenvalue weighted by molar-refractivity contribution is -0.151. The summed E-state index contributed by atoms with van der Waals surface area (Å²) in [5.74, 6) is 0.782. The third-order valence-electron chi connectivity index (χ3n) is 5.78. The van der Waals surface area contributed by atoms with Gasteiger partial charge in [0, 0.05) is 50.7 Å². The number of hydrogen-bond acceptors (Lipinski definition) is 4. The van der Waals surface area contributed by atoms with Crippen LogP contribution in [0.4, 0.5) is 0 Å². The van der Waals surface area contributed by atoms with Gasteiger partial charge in [0.05, 0.1) is 5.41 Å². The summed E-state index contributed by atoms with van der Waals surface area (Å²) in [5.41, 5.74) is 1.75. The fourth-order valence-electron chi connectivity index (χ4n) is 4.24. The van der Waals surface area contributed by atoms with Crippen LogP contribution in [0.15, 0.2) is 34.9 Å². The SMILES string of the molecule is Cc1ccc(-c2cc(CC3(C(=O)N(C)C)CCCN(C(=O)C(C)(C)C)C3)on2)cc1. The van der Waals surface area contributed by atoms with Gasteiger partial charge in [0.1, 0.15) is 11.5 Å². The second kappa shape index (κ2) is 8.25. The lowest BCUT2D eigenvalue weighted by Gasteiger charge is -2.44. The van der Waals surface area contributed by atoms with E-state index in [0.717, 1.165) is 24.1 Å². The second-order valence-electron chi connectivity index (χ2n) is 9.78. The van der Waals surface area contributed by atoms with Crippen LogP contribution in [0.5, 0.6) is 0 Å². The topological polar surface area (TPSA) is 66.7 Å². The molecule has 0 spiro atoms. The average molecular weight is 412 g/mol. The van der Waals surface area contributed by atoms with E-state index >= 15 is 0 Å². The van der Waals surface area contributed by atoms with Crippen molar-refractivity contribution < 1.29 is 14.1 Å². The van der Waals surface area contributed by atoms with Crippen molar-refractivity contribution in [1.29, 1.82) is 0 Å². The number of carbonyl (C=O) groups is 2. The van der Waals surface area contributed by atoms with Gasteiger partial charge in [0.25, 0.3) is 0 Å². The van der Waals surface area contributed by atoms with Gasteiger partial charge in [-0.3, -0.25) is 9.59 Å². The van der Waals surface area contributed by atoms with Gasteiger partial charge in [0.2, 0.25) is 11.8 Å². The van der Waals surface area contributed by atoms with Gasteiger partial charge in [-0.2, -0.15) is 0 Å². The average Bonchev–Trinajstić information content (AvgIpc) is 3.14. The summed E-state index contributed by atoms with van der Waals surface area (Å²) in [6.07, 6.45) is 1.94. The minimum atomic E-state index is -0.702. The van der Waals surface area contributed by atoms with Gasteiger partial charge < -0.3 is 14.3 Å². The summed E-state index contributed by atoms with van der Waals surface area (Å²) in [6.45, 7) is 8.89. The number of nitrogens with zero attached hydrogens (tertiary/aromatic N) is 3. The molecule has 1 aromatic heterocycles. The van der Waals surface area contributed by atoms with E-state index in [-0.39, 0.29) is 11.8 Å². The highest BCUT2D eigenvalue weighted by atomic mass is 16.5. The molecule has 2 amide bonds. The zero-order chi connectivity index (χ0) is 22.1. The summed E-state index contributed by atoms with van der Waals surface area (Å²) in [7, 11) is 3.54. The molecule has 1 unspecified atom stereocenters. The molecule has 2 heterocycles. The molecule has 0 radical (unpaired) electrons. The zero-order valence-electron chi connectivity index (χ0n) is 19.0. The number of benzene rings is 1. The first-order chi connectivity index (χ1) is 14.0. The first-order valence-corrected chi connectivity index (χ1v) is 10.6. The van der Waals surface area contributed by atoms with E-state index in [4.69, 9.17) is 4.52 Å². The van der Waals surface area contributed by atoms with Crippen molar-refractivity contribution >= 4 is 11.8 Å². The predicted octanol–water partition coefficient (Wildman–Crippen LogP) is 3.94. The highest BCUT2D eigenvalue weighted by Gasteiger charge is 2.46. The molecule has 30 heavy (non-hydrogen) atoms. The molecule has 0 bridgehead atoms. The molecule has 1 atom stereocenters. The number of piperidine rings is 1. The Balaban J connectivity index is 1.89. The Bertz CT molecular complexity index is 909. The summed E-state index contributed by atoms with van der Waals surface area (Å²) >= 11 is 0. The van der Waals surface area contributed by atoms with Crippen LogP contribution >= 0.6 is 0 Å². The van der Waals surface area contributed by atoms with Crippen LogP contribution in [0.25, 0.3) is 11.3 Å². The Morgan fingerprint density at radius 1 is 1.20 bits per heavy atom. The maximum absolute atomic E-state index is 13.3. The quantitative estimate of drug-likeness (QED) is 0.764. The number of hydrogen-bond donors (Lipinski definition) is 0. The van der Waals surface area contributed by atoms with E-state index in [0.29, 0.717) is 25.3 Å². The molecule has 162 valence electrons. The van der Waals surface area contributed by atoms with Gasteiger partial charge in [-0.15, -0.1) is 0 Å². The smallest absolute Gasteiger partial charge is 0.230 e. The highest BCUT2D eigenvalue weighted by molar-refractivity contribution is 5.86. The van der Waals surface area contributed by atoms with E-state index in [1.54, 1.807) is 19.0 Å². The third kappa shape index (κ3) is 4.58. The first kappa shape index (κ1) is 22.1. The first-order valence-electron chi connectivity index (χ1n) is 10.6. The molecule has 1 aliphatic rings. The normalized spacial score (nSPS) is 19.6. The fourth-order valence-corrected chi connectivity index (χ4v) is 4.24. The molecule has 1 saturated heterocycles.